The van der Waals surface area contributed by atoms with E-state index < -0.39 is 11.4 Å². The van der Waals surface area contributed by atoms with Gasteiger partial charge in [-0.3, -0.25) is 9.59 Å². The number of anilines is 1. The van der Waals surface area contributed by atoms with Gasteiger partial charge in [0.25, 0.3) is 0 Å². The summed E-state index contributed by atoms with van der Waals surface area (Å²) in [5, 5.41) is 24.0. The van der Waals surface area contributed by atoms with Crippen molar-refractivity contribution in [3.63, 3.8) is 0 Å². The molecule has 2 aliphatic rings. The van der Waals surface area contributed by atoms with Crippen LogP contribution < -0.4 is 21.0 Å². The van der Waals surface area contributed by atoms with Gasteiger partial charge in [0.2, 0.25) is 11.3 Å². The summed E-state index contributed by atoms with van der Waals surface area (Å²) in [6.45, 7) is 10.7. The zero-order chi connectivity index (χ0) is 26.4. The van der Waals surface area contributed by atoms with Gasteiger partial charge >= 0.3 is 5.97 Å². The molecule has 194 valence electrons. The second kappa shape index (κ2) is 12.0. The first-order valence-electron chi connectivity index (χ1n) is 12.7. The quantitative estimate of drug-likeness (QED) is 0.513. The van der Waals surface area contributed by atoms with Crippen LogP contribution in [0.5, 0.6) is 0 Å². The highest BCUT2D eigenvalue weighted by Gasteiger charge is 2.32. The second-order valence-electron chi connectivity index (χ2n) is 9.53. The van der Waals surface area contributed by atoms with Gasteiger partial charge in [-0.15, -0.1) is 0 Å². The number of carboxylic acid groups (broad SMARTS) is 1. The lowest BCUT2D eigenvalue weighted by Gasteiger charge is -2.27. The van der Waals surface area contributed by atoms with Gasteiger partial charge in [-0.1, -0.05) is 13.8 Å². The average Bonchev–Trinajstić information content (AvgIpc) is 3.58. The molecule has 0 bridgehead atoms. The molecule has 1 aliphatic heterocycles. The number of amides is 1. The van der Waals surface area contributed by atoms with Crippen LogP contribution in [0.2, 0.25) is 0 Å². The van der Waals surface area contributed by atoms with Crippen molar-refractivity contribution in [1.82, 2.24) is 15.2 Å². The minimum Gasteiger partial charge on any atom is -0.477 e. The molecule has 0 spiro atoms. The highest BCUT2D eigenvalue weighted by Crippen LogP contribution is 2.39. The average molecular weight is 496 g/mol. The van der Waals surface area contributed by atoms with Gasteiger partial charge < -0.3 is 25.2 Å². The Labute approximate surface area is 212 Å². The molecule has 2 aromatic rings. The number of likely N-dealkylation sites (N-methyl/N-ethyl adjacent to an activating group) is 1. The number of nitriles is 1. The molecule has 2 heterocycles. The van der Waals surface area contributed by atoms with E-state index in [2.05, 4.69) is 22.5 Å². The van der Waals surface area contributed by atoms with E-state index in [0.29, 0.717) is 24.3 Å². The molecule has 1 amide bonds. The van der Waals surface area contributed by atoms with Crippen molar-refractivity contribution in [1.29, 1.82) is 5.26 Å². The van der Waals surface area contributed by atoms with Crippen molar-refractivity contribution in [2.24, 2.45) is 5.92 Å². The van der Waals surface area contributed by atoms with E-state index in [-0.39, 0.29) is 23.6 Å². The molecule has 4 rings (SSSR count). The largest absolute Gasteiger partial charge is 0.477 e. The van der Waals surface area contributed by atoms with E-state index in [9.17, 15) is 19.5 Å². The number of nitrogens with one attached hydrogen (secondary N) is 2. The number of carbonyl (C=O) groups is 2. The van der Waals surface area contributed by atoms with E-state index in [1.54, 1.807) is 6.07 Å². The van der Waals surface area contributed by atoms with Gasteiger partial charge in [-0.05, 0) is 56.3 Å². The van der Waals surface area contributed by atoms with Gasteiger partial charge in [0, 0.05) is 62.3 Å². The van der Waals surface area contributed by atoms with Gasteiger partial charge in [0.15, 0.2) is 0 Å². The van der Waals surface area contributed by atoms with E-state index in [0.717, 1.165) is 55.7 Å². The number of benzene rings is 1. The minimum absolute atomic E-state index is 0.0214. The monoisotopic (exact) mass is 495 g/mol. The Hall–Kier alpha value is -3.38. The normalized spacial score (nSPS) is 17.8. The van der Waals surface area contributed by atoms with Crippen molar-refractivity contribution in [2.45, 2.75) is 65.5 Å². The third-order valence-corrected chi connectivity index (χ3v) is 6.92. The fourth-order valence-corrected chi connectivity index (χ4v) is 5.00. The van der Waals surface area contributed by atoms with Crippen LogP contribution in [0.25, 0.3) is 10.9 Å². The van der Waals surface area contributed by atoms with E-state index in [1.807, 2.05) is 30.6 Å². The lowest BCUT2D eigenvalue weighted by Crippen LogP contribution is -2.46. The first kappa shape index (κ1) is 27.2. The number of hydrogen-bond acceptors (Lipinski definition) is 6. The predicted octanol–water partition coefficient (Wildman–Crippen LogP) is 3.20. The summed E-state index contributed by atoms with van der Waals surface area (Å²) in [6.07, 6.45) is 5.17. The molecule has 1 aromatic carbocycles. The summed E-state index contributed by atoms with van der Waals surface area (Å²) in [4.78, 5) is 38.2. The molecule has 0 radical (unpaired) electrons. The summed E-state index contributed by atoms with van der Waals surface area (Å²) in [7, 11) is 0. The third kappa shape index (κ3) is 6.05. The Morgan fingerprint density at radius 3 is 2.50 bits per heavy atom. The molecule has 9 nitrogen and oxygen atoms in total. The molecule has 1 saturated heterocycles. The maximum Gasteiger partial charge on any atom is 0.341 e. The zero-order valence-corrected chi connectivity index (χ0v) is 21.6. The molecule has 1 aliphatic carbocycles. The molecule has 1 aromatic heterocycles. The maximum atomic E-state index is 12.8. The van der Waals surface area contributed by atoms with Crippen LogP contribution in [0.3, 0.4) is 0 Å². The third-order valence-electron chi connectivity index (χ3n) is 6.92. The number of aryl methyl sites for hydroxylation is 1. The summed E-state index contributed by atoms with van der Waals surface area (Å²) in [5.41, 5.74) is 2.38. The number of fused-ring (bicyclic) bond motifs is 1. The van der Waals surface area contributed by atoms with Gasteiger partial charge in [-0.2, -0.15) is 5.26 Å². The zero-order valence-electron chi connectivity index (χ0n) is 21.6. The van der Waals surface area contributed by atoms with E-state index in [1.165, 1.54) is 13.1 Å². The van der Waals surface area contributed by atoms with Crippen LogP contribution in [-0.4, -0.2) is 53.8 Å². The lowest BCUT2D eigenvalue weighted by atomic mass is 9.98. The molecular formula is C27H37N5O4. The summed E-state index contributed by atoms with van der Waals surface area (Å²) < 4.78 is 2.00. The van der Waals surface area contributed by atoms with Crippen LogP contribution in [0.4, 0.5) is 5.69 Å². The molecule has 3 N–H and O–H groups in total. The van der Waals surface area contributed by atoms with Gasteiger partial charge in [-0.25, -0.2) is 4.79 Å². The van der Waals surface area contributed by atoms with Crippen molar-refractivity contribution in [3.05, 3.63) is 39.7 Å². The van der Waals surface area contributed by atoms with Crippen molar-refractivity contribution in [2.75, 3.05) is 31.1 Å². The van der Waals surface area contributed by atoms with Crippen LogP contribution in [-0.2, 0) is 4.79 Å². The number of hydrogen-bond donors (Lipinski definition) is 3. The second-order valence-corrected chi connectivity index (χ2v) is 9.53. The topological polar surface area (TPSA) is 127 Å². The molecule has 9 heteroatoms. The highest BCUT2D eigenvalue weighted by molar-refractivity contribution is 5.95. The van der Waals surface area contributed by atoms with Crippen LogP contribution >= 0.6 is 0 Å². The standard InChI is InChI=1S/C24H32N4O4.C3H5N/c1-4-25-20(11-26-15(3)29)16-9-10-27(12-16)21-8-7-18-22(14(21)2)28(17-5-6-17)13-19(23(18)30)24(31)32;1-2-3-4/h7-8,13,16-17,20,25H,4-6,9-12H2,1-3H3,(H,26,29)(H,31,32);2H2,1H3. The minimum atomic E-state index is -1.18. The van der Waals surface area contributed by atoms with Gasteiger partial charge in [0.1, 0.15) is 5.56 Å². The first-order valence-corrected chi connectivity index (χ1v) is 12.7. The van der Waals surface area contributed by atoms with Crippen LogP contribution in [0.1, 0.15) is 68.4 Å². The van der Waals surface area contributed by atoms with Crippen molar-refractivity contribution >= 4 is 28.5 Å². The molecule has 2 unspecified atom stereocenters. The number of carboxylic acids is 1. The fourth-order valence-electron chi connectivity index (χ4n) is 5.00. The molecule has 2 atom stereocenters. The lowest BCUT2D eigenvalue weighted by molar-refractivity contribution is -0.119. The highest BCUT2D eigenvalue weighted by atomic mass is 16.4. The van der Waals surface area contributed by atoms with Gasteiger partial charge in [0.05, 0.1) is 11.6 Å². The summed E-state index contributed by atoms with van der Waals surface area (Å²) in [6, 6.07) is 6.14. The fraction of sp³-hybridized carbons (Fsp3) is 0.556. The number of nitrogens with zero attached hydrogens (tertiary/aromatic N) is 3. The SMILES string of the molecule is CCC#N.CCNC(CNC(C)=O)C1CCN(c2ccc3c(=O)c(C(=O)O)cn(C4CC4)c3c2C)C1. The van der Waals surface area contributed by atoms with E-state index >= 15 is 0 Å². The number of aromatic carboxylic acids is 1. The van der Waals surface area contributed by atoms with Crippen molar-refractivity contribution in [3.8, 4) is 6.07 Å². The number of aromatic nitrogens is 1. The Kier molecular flexibility index (Phi) is 9.10. The molecular weight excluding hydrogens is 458 g/mol. The van der Waals surface area contributed by atoms with E-state index in [4.69, 9.17) is 5.26 Å². The predicted molar refractivity (Wildman–Crippen MR) is 141 cm³/mol. The van der Waals surface area contributed by atoms with Crippen LogP contribution in [0, 0.1) is 24.2 Å². The molecule has 2 fully saturated rings. The summed E-state index contributed by atoms with van der Waals surface area (Å²) >= 11 is 0. The smallest absolute Gasteiger partial charge is 0.341 e. The first-order chi connectivity index (χ1) is 17.2. The number of rotatable bonds is 8. The number of carbonyl (C=O) groups excluding carboxylic acids is 1. The van der Waals surface area contributed by atoms with Crippen molar-refractivity contribution < 1.29 is 14.7 Å². The number of pyridine rings is 1. The van der Waals surface area contributed by atoms with Crippen LogP contribution in [0.15, 0.2) is 23.1 Å². The molecule has 1 saturated carbocycles. The maximum absolute atomic E-state index is 12.8. The Morgan fingerprint density at radius 1 is 1.25 bits per heavy atom. The Morgan fingerprint density at radius 2 is 1.94 bits per heavy atom. The Bertz CT molecular complexity index is 1210. The summed E-state index contributed by atoms with van der Waals surface area (Å²) in [5.74, 6) is -0.798. The molecule has 36 heavy (non-hydrogen) atoms. The Balaban J connectivity index is 0.000000840.